The van der Waals surface area contributed by atoms with Crippen LogP contribution in [0.1, 0.15) is 11.1 Å². The summed E-state index contributed by atoms with van der Waals surface area (Å²) in [6.45, 7) is 2.87. The number of aliphatic hydroxyl groups is 1. The number of benzene rings is 1. The Morgan fingerprint density at radius 2 is 2.04 bits per heavy atom. The van der Waals surface area contributed by atoms with E-state index in [0.29, 0.717) is 32.8 Å². The lowest BCUT2D eigenvalue weighted by Crippen LogP contribution is -2.42. The van der Waals surface area contributed by atoms with Crippen molar-refractivity contribution >= 4 is 5.69 Å². The zero-order valence-electron chi connectivity index (χ0n) is 12.4. The van der Waals surface area contributed by atoms with E-state index in [1.807, 2.05) is 11.0 Å². The van der Waals surface area contributed by atoms with Crippen LogP contribution in [0.3, 0.4) is 0 Å². The van der Waals surface area contributed by atoms with Gasteiger partial charge in [-0.2, -0.15) is 18.4 Å². The van der Waals surface area contributed by atoms with Crippen LogP contribution in [0.5, 0.6) is 0 Å². The molecule has 0 aromatic heterocycles. The second-order valence-electron chi connectivity index (χ2n) is 5.32. The van der Waals surface area contributed by atoms with E-state index >= 15 is 0 Å². The summed E-state index contributed by atoms with van der Waals surface area (Å²) in [5, 5.41) is 21.4. The maximum atomic E-state index is 13.0. The van der Waals surface area contributed by atoms with Crippen molar-refractivity contribution in [3.63, 3.8) is 0 Å². The fourth-order valence-corrected chi connectivity index (χ4v) is 2.38. The van der Waals surface area contributed by atoms with Crippen LogP contribution in [0.4, 0.5) is 18.9 Å². The number of nitrogens with zero attached hydrogens (tertiary/aromatic N) is 2. The third-order valence-electron chi connectivity index (χ3n) is 3.55. The standard InChI is InChI=1S/C15H18F3N3O2/c16-15(17,18)13-2-1-11(8-19)7-14(13)20-9-12(22)10-21-3-5-23-6-4-21/h1-2,7,12,20,22H,3-6,9-10H2/t12-/m0/s1. The molecule has 1 aliphatic heterocycles. The molecule has 0 radical (unpaired) electrons. The van der Waals surface area contributed by atoms with Gasteiger partial charge in [0, 0.05) is 31.9 Å². The predicted molar refractivity (Wildman–Crippen MR) is 77.9 cm³/mol. The van der Waals surface area contributed by atoms with Gasteiger partial charge in [-0.05, 0) is 18.2 Å². The number of ether oxygens (including phenoxy) is 1. The van der Waals surface area contributed by atoms with E-state index in [-0.39, 0.29) is 17.8 Å². The Labute approximate surface area is 132 Å². The molecule has 1 aromatic rings. The molecule has 5 nitrogen and oxygen atoms in total. The first-order valence-electron chi connectivity index (χ1n) is 7.23. The van der Waals surface area contributed by atoms with Crippen molar-refractivity contribution in [2.24, 2.45) is 0 Å². The quantitative estimate of drug-likeness (QED) is 0.860. The smallest absolute Gasteiger partial charge is 0.390 e. The number of nitriles is 1. The second-order valence-corrected chi connectivity index (χ2v) is 5.32. The van der Waals surface area contributed by atoms with Crippen molar-refractivity contribution < 1.29 is 23.0 Å². The van der Waals surface area contributed by atoms with Gasteiger partial charge in [-0.15, -0.1) is 0 Å². The van der Waals surface area contributed by atoms with Gasteiger partial charge in [0.25, 0.3) is 0 Å². The van der Waals surface area contributed by atoms with E-state index in [2.05, 4.69) is 5.32 Å². The Balaban J connectivity index is 1.99. The number of aliphatic hydroxyl groups excluding tert-OH is 1. The summed E-state index contributed by atoms with van der Waals surface area (Å²) in [5.74, 6) is 0. The van der Waals surface area contributed by atoms with Crippen molar-refractivity contribution in [1.29, 1.82) is 5.26 Å². The summed E-state index contributed by atoms with van der Waals surface area (Å²) in [5.41, 5.74) is -0.921. The molecule has 1 atom stereocenters. The highest BCUT2D eigenvalue weighted by atomic mass is 19.4. The monoisotopic (exact) mass is 329 g/mol. The third-order valence-corrected chi connectivity index (χ3v) is 3.55. The van der Waals surface area contributed by atoms with Crippen LogP contribution in [0.25, 0.3) is 0 Å². The van der Waals surface area contributed by atoms with Crippen molar-refractivity contribution in [1.82, 2.24) is 4.90 Å². The number of β-amino-alcohol motifs (C(OH)–C–C–N with tert-alkyl or cyclic N) is 1. The Bertz CT molecular complexity index is 566. The molecule has 8 heteroatoms. The molecule has 0 aliphatic carbocycles. The molecule has 0 spiro atoms. The first-order valence-corrected chi connectivity index (χ1v) is 7.23. The van der Waals surface area contributed by atoms with Crippen LogP contribution in [0.15, 0.2) is 18.2 Å². The maximum Gasteiger partial charge on any atom is 0.418 e. The molecule has 0 saturated carbocycles. The van der Waals surface area contributed by atoms with E-state index in [1.165, 1.54) is 0 Å². The summed E-state index contributed by atoms with van der Waals surface area (Å²) in [6.07, 6.45) is -5.34. The van der Waals surface area contributed by atoms with Crippen LogP contribution in [0, 0.1) is 11.3 Å². The minimum absolute atomic E-state index is 0.0324. The zero-order chi connectivity index (χ0) is 16.9. The van der Waals surface area contributed by atoms with E-state index in [0.717, 1.165) is 18.2 Å². The van der Waals surface area contributed by atoms with Gasteiger partial charge < -0.3 is 15.2 Å². The molecule has 0 bridgehead atoms. The number of anilines is 1. The van der Waals surface area contributed by atoms with E-state index < -0.39 is 17.8 Å². The molecule has 1 fully saturated rings. The average Bonchev–Trinajstić information content (AvgIpc) is 2.52. The lowest BCUT2D eigenvalue weighted by molar-refractivity contribution is -0.137. The largest absolute Gasteiger partial charge is 0.418 e. The zero-order valence-corrected chi connectivity index (χ0v) is 12.4. The molecule has 1 saturated heterocycles. The Morgan fingerprint density at radius 1 is 1.35 bits per heavy atom. The van der Waals surface area contributed by atoms with Crippen molar-refractivity contribution in [2.75, 3.05) is 44.7 Å². The molecule has 23 heavy (non-hydrogen) atoms. The van der Waals surface area contributed by atoms with Gasteiger partial charge in [-0.1, -0.05) is 0 Å². The van der Waals surface area contributed by atoms with Crippen LogP contribution in [-0.4, -0.2) is 55.5 Å². The first-order chi connectivity index (χ1) is 10.9. The number of hydrogen-bond donors (Lipinski definition) is 2. The molecular weight excluding hydrogens is 311 g/mol. The molecular formula is C15H18F3N3O2. The van der Waals surface area contributed by atoms with Crippen molar-refractivity contribution in [3.05, 3.63) is 29.3 Å². The van der Waals surface area contributed by atoms with Gasteiger partial charge in [0.1, 0.15) is 0 Å². The molecule has 1 heterocycles. The lowest BCUT2D eigenvalue weighted by Gasteiger charge is -2.28. The van der Waals surface area contributed by atoms with Gasteiger partial charge in [0.15, 0.2) is 0 Å². The summed E-state index contributed by atoms with van der Waals surface area (Å²) < 4.78 is 44.1. The van der Waals surface area contributed by atoms with Crippen LogP contribution in [0.2, 0.25) is 0 Å². The van der Waals surface area contributed by atoms with Gasteiger partial charge in [-0.25, -0.2) is 0 Å². The molecule has 0 amide bonds. The highest BCUT2D eigenvalue weighted by Gasteiger charge is 2.33. The highest BCUT2D eigenvalue weighted by molar-refractivity contribution is 5.57. The number of morpholine rings is 1. The maximum absolute atomic E-state index is 13.0. The van der Waals surface area contributed by atoms with Crippen LogP contribution < -0.4 is 5.32 Å². The number of nitrogens with one attached hydrogen (secondary N) is 1. The normalized spacial score (nSPS) is 17.5. The minimum Gasteiger partial charge on any atom is -0.390 e. The third kappa shape index (κ3) is 5.10. The summed E-state index contributed by atoms with van der Waals surface area (Å²) >= 11 is 0. The molecule has 126 valence electrons. The number of rotatable bonds is 5. The number of halogens is 3. The summed E-state index contributed by atoms with van der Waals surface area (Å²) in [4.78, 5) is 1.99. The van der Waals surface area contributed by atoms with E-state index in [9.17, 15) is 18.3 Å². The van der Waals surface area contributed by atoms with Crippen LogP contribution >= 0.6 is 0 Å². The van der Waals surface area contributed by atoms with Gasteiger partial charge in [0.05, 0.1) is 36.5 Å². The molecule has 1 aliphatic rings. The SMILES string of the molecule is N#Cc1ccc(C(F)(F)F)c(NC[C@H](O)CN2CCOCC2)c1. The second kappa shape index (κ2) is 7.64. The minimum atomic E-state index is -4.52. The summed E-state index contributed by atoms with van der Waals surface area (Å²) in [6, 6.07) is 4.94. The average molecular weight is 329 g/mol. The fourth-order valence-electron chi connectivity index (χ4n) is 2.38. The number of hydrogen-bond acceptors (Lipinski definition) is 5. The Hall–Kier alpha value is -1.82. The van der Waals surface area contributed by atoms with E-state index in [4.69, 9.17) is 10.00 Å². The van der Waals surface area contributed by atoms with Crippen molar-refractivity contribution in [2.45, 2.75) is 12.3 Å². The summed E-state index contributed by atoms with van der Waals surface area (Å²) in [7, 11) is 0. The molecule has 1 aromatic carbocycles. The topological polar surface area (TPSA) is 68.5 Å². The Kier molecular flexibility index (Phi) is 5.82. The van der Waals surface area contributed by atoms with E-state index in [1.54, 1.807) is 0 Å². The van der Waals surface area contributed by atoms with Gasteiger partial charge >= 0.3 is 6.18 Å². The number of alkyl halides is 3. The molecule has 2 rings (SSSR count). The molecule has 2 N–H and O–H groups in total. The Morgan fingerprint density at radius 3 is 2.65 bits per heavy atom. The predicted octanol–water partition coefficient (Wildman–Crippen LogP) is 1.68. The van der Waals surface area contributed by atoms with Crippen LogP contribution in [-0.2, 0) is 10.9 Å². The lowest BCUT2D eigenvalue weighted by atomic mass is 10.1. The fraction of sp³-hybridized carbons (Fsp3) is 0.533. The first kappa shape index (κ1) is 17.5. The van der Waals surface area contributed by atoms with Crippen molar-refractivity contribution in [3.8, 4) is 6.07 Å². The van der Waals surface area contributed by atoms with Gasteiger partial charge in [0.2, 0.25) is 0 Å². The van der Waals surface area contributed by atoms with Gasteiger partial charge in [-0.3, -0.25) is 4.90 Å². The highest BCUT2D eigenvalue weighted by Crippen LogP contribution is 2.35. The molecule has 0 unspecified atom stereocenters.